The van der Waals surface area contributed by atoms with Gasteiger partial charge in [0.1, 0.15) is 6.54 Å². The molecule has 1 unspecified atom stereocenters. The highest BCUT2D eigenvalue weighted by atomic mass is 35.5. The van der Waals surface area contributed by atoms with Crippen LogP contribution >= 0.6 is 23.8 Å². The third-order valence-corrected chi connectivity index (χ3v) is 6.44. The van der Waals surface area contributed by atoms with Gasteiger partial charge in [-0.3, -0.25) is 19.4 Å². The van der Waals surface area contributed by atoms with E-state index < -0.39 is 0 Å². The lowest BCUT2D eigenvalue weighted by atomic mass is 9.93. The molecule has 6 nitrogen and oxygen atoms in total. The SMILES string of the molecule is CCC(CC)C(CNC(=O)Cn1c(-c2ccc(Cl)cc2)n[nH]c1=S)N1CCCC1. The van der Waals surface area contributed by atoms with Crippen molar-refractivity contribution in [1.82, 2.24) is 25.0 Å². The van der Waals surface area contributed by atoms with Gasteiger partial charge in [-0.05, 0) is 68.3 Å². The maximum atomic E-state index is 12.8. The van der Waals surface area contributed by atoms with Crippen LogP contribution in [0.25, 0.3) is 11.4 Å². The monoisotopic (exact) mass is 435 g/mol. The predicted octanol–water partition coefficient (Wildman–Crippen LogP) is 4.28. The topological polar surface area (TPSA) is 66.0 Å². The standard InChI is InChI=1S/C21H30ClN5OS/c1-3-15(4-2)18(26-11-5-6-12-26)13-23-19(28)14-27-20(24-25-21(27)29)16-7-9-17(22)10-8-16/h7-10,15,18H,3-6,11-14H2,1-2H3,(H,23,28)(H,25,29). The van der Waals surface area contributed by atoms with Crippen LogP contribution in [0.2, 0.25) is 5.02 Å². The first-order chi connectivity index (χ1) is 14.0. The third-order valence-electron chi connectivity index (χ3n) is 5.87. The smallest absolute Gasteiger partial charge is 0.240 e. The molecule has 0 bridgehead atoms. The Morgan fingerprint density at radius 1 is 1.24 bits per heavy atom. The van der Waals surface area contributed by atoms with Crippen molar-refractivity contribution in [3.8, 4) is 11.4 Å². The van der Waals surface area contributed by atoms with Crippen molar-refractivity contribution in [1.29, 1.82) is 0 Å². The fourth-order valence-corrected chi connectivity index (χ4v) is 4.52. The van der Waals surface area contributed by atoms with Crippen LogP contribution < -0.4 is 5.32 Å². The van der Waals surface area contributed by atoms with E-state index in [1.54, 1.807) is 16.7 Å². The maximum absolute atomic E-state index is 12.8. The van der Waals surface area contributed by atoms with Gasteiger partial charge in [0.05, 0.1) is 0 Å². The van der Waals surface area contributed by atoms with Gasteiger partial charge in [0.2, 0.25) is 5.91 Å². The number of nitrogens with zero attached hydrogens (tertiary/aromatic N) is 3. The quantitative estimate of drug-likeness (QED) is 0.577. The van der Waals surface area contributed by atoms with Gasteiger partial charge in [-0.2, -0.15) is 5.10 Å². The first kappa shape index (κ1) is 22.0. The van der Waals surface area contributed by atoms with Crippen LogP contribution in [0.3, 0.4) is 0 Å². The third kappa shape index (κ3) is 5.47. The highest BCUT2D eigenvalue weighted by Crippen LogP contribution is 2.23. The lowest BCUT2D eigenvalue weighted by Crippen LogP contribution is -2.47. The lowest BCUT2D eigenvalue weighted by molar-refractivity contribution is -0.122. The van der Waals surface area contributed by atoms with Crippen molar-refractivity contribution in [2.24, 2.45) is 5.92 Å². The molecule has 3 rings (SSSR count). The number of halogens is 1. The summed E-state index contributed by atoms with van der Waals surface area (Å²) in [5.41, 5.74) is 0.863. The number of aromatic amines is 1. The minimum Gasteiger partial charge on any atom is -0.353 e. The largest absolute Gasteiger partial charge is 0.353 e. The molecule has 0 spiro atoms. The van der Waals surface area contributed by atoms with Crippen LogP contribution in [-0.2, 0) is 11.3 Å². The number of carbonyl (C=O) groups is 1. The molecule has 29 heavy (non-hydrogen) atoms. The van der Waals surface area contributed by atoms with Crippen LogP contribution in [0.4, 0.5) is 0 Å². The van der Waals surface area contributed by atoms with Gasteiger partial charge in [-0.15, -0.1) is 0 Å². The number of rotatable bonds is 9. The molecule has 1 fully saturated rings. The van der Waals surface area contributed by atoms with Gasteiger partial charge in [-0.25, -0.2) is 0 Å². The molecule has 1 aromatic carbocycles. The summed E-state index contributed by atoms with van der Waals surface area (Å²) in [6, 6.07) is 7.74. The number of hydrogen-bond donors (Lipinski definition) is 2. The molecule has 1 saturated heterocycles. The fraction of sp³-hybridized carbons (Fsp3) is 0.571. The van der Waals surface area contributed by atoms with Gasteiger partial charge in [0.25, 0.3) is 0 Å². The van der Waals surface area contributed by atoms with E-state index in [-0.39, 0.29) is 12.5 Å². The van der Waals surface area contributed by atoms with Gasteiger partial charge >= 0.3 is 0 Å². The normalized spacial score (nSPS) is 15.7. The summed E-state index contributed by atoms with van der Waals surface area (Å²) < 4.78 is 2.16. The Bertz CT molecular complexity index is 851. The maximum Gasteiger partial charge on any atom is 0.240 e. The number of hydrogen-bond acceptors (Lipinski definition) is 4. The van der Waals surface area contributed by atoms with Gasteiger partial charge < -0.3 is 5.32 Å². The van der Waals surface area contributed by atoms with Crippen LogP contribution in [0.1, 0.15) is 39.5 Å². The van der Waals surface area contributed by atoms with Crippen LogP contribution in [0, 0.1) is 10.7 Å². The summed E-state index contributed by atoms with van der Waals surface area (Å²) in [5, 5.41) is 10.9. The molecule has 158 valence electrons. The molecule has 0 saturated carbocycles. The van der Waals surface area contributed by atoms with E-state index in [1.807, 2.05) is 12.1 Å². The second-order valence-electron chi connectivity index (χ2n) is 7.64. The van der Waals surface area contributed by atoms with Gasteiger partial charge in [0.15, 0.2) is 10.6 Å². The van der Waals surface area contributed by atoms with Crippen molar-refractivity contribution in [2.75, 3.05) is 19.6 Å². The number of amides is 1. The minimum absolute atomic E-state index is 0.0483. The van der Waals surface area contributed by atoms with E-state index in [1.165, 1.54) is 12.8 Å². The zero-order chi connectivity index (χ0) is 20.8. The molecule has 0 aliphatic carbocycles. The lowest BCUT2D eigenvalue weighted by Gasteiger charge is -2.34. The second kappa shape index (κ2) is 10.4. The molecule has 1 aromatic heterocycles. The van der Waals surface area contributed by atoms with E-state index in [0.717, 1.165) is 31.5 Å². The number of H-pyrrole nitrogens is 1. The highest BCUT2D eigenvalue weighted by Gasteiger charge is 2.28. The van der Waals surface area contributed by atoms with Crippen molar-refractivity contribution in [3.05, 3.63) is 34.1 Å². The van der Waals surface area contributed by atoms with Crippen LogP contribution in [0.5, 0.6) is 0 Å². The van der Waals surface area contributed by atoms with Gasteiger partial charge in [0, 0.05) is 23.2 Å². The first-order valence-corrected chi connectivity index (χ1v) is 11.2. The Morgan fingerprint density at radius 3 is 2.52 bits per heavy atom. The molecular weight excluding hydrogens is 406 g/mol. The predicted molar refractivity (Wildman–Crippen MR) is 120 cm³/mol. The molecule has 0 radical (unpaired) electrons. The van der Waals surface area contributed by atoms with E-state index in [4.69, 9.17) is 23.8 Å². The van der Waals surface area contributed by atoms with E-state index in [9.17, 15) is 4.79 Å². The van der Waals surface area contributed by atoms with Crippen molar-refractivity contribution < 1.29 is 4.79 Å². The summed E-state index contributed by atoms with van der Waals surface area (Å²) in [4.78, 5) is 15.3. The van der Waals surface area contributed by atoms with E-state index in [0.29, 0.717) is 34.1 Å². The molecule has 1 aliphatic rings. The summed E-state index contributed by atoms with van der Waals surface area (Å²) in [6.45, 7) is 7.55. The zero-order valence-electron chi connectivity index (χ0n) is 17.2. The number of benzene rings is 1. The Balaban J connectivity index is 1.68. The Labute approximate surface area is 182 Å². The summed E-state index contributed by atoms with van der Waals surface area (Å²) in [6.07, 6.45) is 4.75. The van der Waals surface area contributed by atoms with E-state index in [2.05, 4.69) is 34.3 Å². The van der Waals surface area contributed by atoms with Crippen molar-refractivity contribution >= 4 is 29.7 Å². The number of likely N-dealkylation sites (tertiary alicyclic amines) is 1. The Kier molecular flexibility index (Phi) is 7.86. The Hall–Kier alpha value is -1.70. The van der Waals surface area contributed by atoms with E-state index >= 15 is 0 Å². The average molecular weight is 436 g/mol. The molecule has 1 amide bonds. The highest BCUT2D eigenvalue weighted by molar-refractivity contribution is 7.71. The number of nitrogens with one attached hydrogen (secondary N) is 2. The average Bonchev–Trinajstić information content (AvgIpc) is 3.37. The number of aromatic nitrogens is 3. The summed E-state index contributed by atoms with van der Waals surface area (Å²) in [5.74, 6) is 1.18. The van der Waals surface area contributed by atoms with Crippen LogP contribution in [-0.4, -0.2) is 51.2 Å². The number of carbonyl (C=O) groups excluding carboxylic acids is 1. The molecule has 2 aromatic rings. The zero-order valence-corrected chi connectivity index (χ0v) is 18.7. The molecule has 2 N–H and O–H groups in total. The Morgan fingerprint density at radius 2 is 1.90 bits per heavy atom. The first-order valence-electron chi connectivity index (χ1n) is 10.4. The summed E-state index contributed by atoms with van der Waals surface area (Å²) >= 11 is 11.3. The van der Waals surface area contributed by atoms with Gasteiger partial charge in [-0.1, -0.05) is 38.3 Å². The fourth-order valence-electron chi connectivity index (χ4n) is 4.20. The van der Waals surface area contributed by atoms with Crippen molar-refractivity contribution in [3.63, 3.8) is 0 Å². The minimum atomic E-state index is -0.0483. The molecule has 1 atom stereocenters. The molecule has 1 aliphatic heterocycles. The molecule has 2 heterocycles. The van der Waals surface area contributed by atoms with Crippen molar-refractivity contribution in [2.45, 2.75) is 52.1 Å². The van der Waals surface area contributed by atoms with Crippen LogP contribution in [0.15, 0.2) is 24.3 Å². The molecular formula is C21H30ClN5OS. The second-order valence-corrected chi connectivity index (χ2v) is 8.46. The molecule has 8 heteroatoms. The summed E-state index contributed by atoms with van der Waals surface area (Å²) in [7, 11) is 0.